The zero-order valence-electron chi connectivity index (χ0n) is 20.3. The maximum Gasteiger partial charge on any atom is 0.204 e. The van der Waals surface area contributed by atoms with Gasteiger partial charge in [0.05, 0.1) is 17.0 Å². The summed E-state index contributed by atoms with van der Waals surface area (Å²) in [5.74, 6) is -8.68. The Kier molecular flexibility index (Phi) is 8.01. The van der Waals surface area contributed by atoms with Crippen LogP contribution in [0, 0.1) is 35.0 Å². The van der Waals surface area contributed by atoms with E-state index in [-0.39, 0.29) is 34.8 Å². The van der Waals surface area contributed by atoms with Crippen LogP contribution in [0.4, 0.5) is 27.8 Å². The summed E-state index contributed by atoms with van der Waals surface area (Å²) in [7, 11) is 1.47. The third-order valence-electron chi connectivity index (χ3n) is 6.51. The summed E-state index contributed by atoms with van der Waals surface area (Å²) in [5.41, 5.74) is 7.49. The Morgan fingerprint density at radius 2 is 1.84 bits per heavy atom. The standard InChI is InChI=1S/C26H26F5N5O/c1-3-14(8-13-6-7-34-11-13)23-20(26(32)36-12-35-23)24(33-2)16-5-4-15(9-17(16)27)37-25-21(30)18(28)10-19(29)22(25)31/h4-5,9-10,12-14,34H,3,6-8,11H2,1-2H3,(H2,32,35,36). The van der Waals surface area contributed by atoms with Crippen molar-refractivity contribution in [2.24, 2.45) is 10.9 Å². The molecule has 0 amide bonds. The zero-order valence-corrected chi connectivity index (χ0v) is 20.3. The molecule has 1 aliphatic heterocycles. The predicted octanol–water partition coefficient (Wildman–Crippen LogP) is 5.51. The number of rotatable bonds is 8. The van der Waals surface area contributed by atoms with Crippen molar-refractivity contribution in [3.8, 4) is 11.5 Å². The summed E-state index contributed by atoms with van der Waals surface area (Å²) in [6.07, 6.45) is 4.05. The van der Waals surface area contributed by atoms with Crippen molar-refractivity contribution in [3.05, 3.63) is 76.5 Å². The van der Waals surface area contributed by atoms with Crippen LogP contribution in [-0.4, -0.2) is 35.8 Å². The fraction of sp³-hybridized carbons (Fsp3) is 0.346. The van der Waals surface area contributed by atoms with E-state index in [1.807, 2.05) is 6.92 Å². The SMILES string of the molecule is CCC(CC1CCNC1)c1ncnc(N)c1C(=NC)c1ccc(Oc2c(F)c(F)cc(F)c2F)cc1F. The van der Waals surface area contributed by atoms with E-state index in [1.165, 1.54) is 25.5 Å². The Labute approximate surface area is 210 Å². The molecule has 1 aromatic heterocycles. The van der Waals surface area contributed by atoms with Gasteiger partial charge in [-0.3, -0.25) is 4.99 Å². The number of aliphatic imine (C=N–C) groups is 1. The minimum atomic E-state index is -1.74. The largest absolute Gasteiger partial charge is 0.451 e. The number of hydrogen-bond donors (Lipinski definition) is 2. The van der Waals surface area contributed by atoms with Crippen molar-refractivity contribution in [3.63, 3.8) is 0 Å². The van der Waals surface area contributed by atoms with Crippen molar-refractivity contribution in [1.82, 2.24) is 15.3 Å². The third-order valence-corrected chi connectivity index (χ3v) is 6.51. The van der Waals surface area contributed by atoms with Gasteiger partial charge in [0.15, 0.2) is 11.6 Å². The second kappa shape index (κ2) is 11.2. The molecule has 4 rings (SSSR count). The Balaban J connectivity index is 1.70. The Morgan fingerprint density at radius 1 is 1.11 bits per heavy atom. The highest BCUT2D eigenvalue weighted by Gasteiger charge is 2.28. The number of nitrogen functional groups attached to an aromatic ring is 1. The zero-order chi connectivity index (χ0) is 26.7. The molecule has 0 bridgehead atoms. The van der Waals surface area contributed by atoms with Gasteiger partial charge in [-0.05, 0) is 50.4 Å². The predicted molar refractivity (Wildman–Crippen MR) is 129 cm³/mol. The van der Waals surface area contributed by atoms with Crippen molar-refractivity contribution >= 4 is 11.5 Å². The molecule has 196 valence electrons. The average Bonchev–Trinajstić information content (AvgIpc) is 3.39. The van der Waals surface area contributed by atoms with E-state index in [9.17, 15) is 17.6 Å². The first-order valence-electron chi connectivity index (χ1n) is 11.8. The van der Waals surface area contributed by atoms with Gasteiger partial charge in [0.1, 0.15) is 23.7 Å². The van der Waals surface area contributed by atoms with Crippen LogP contribution < -0.4 is 15.8 Å². The van der Waals surface area contributed by atoms with Crippen LogP contribution in [0.15, 0.2) is 35.6 Å². The number of nitrogens with two attached hydrogens (primary N) is 1. The summed E-state index contributed by atoms with van der Waals surface area (Å²) >= 11 is 0. The van der Waals surface area contributed by atoms with Crippen molar-refractivity contribution in [2.75, 3.05) is 25.9 Å². The lowest BCUT2D eigenvalue weighted by atomic mass is 9.85. The van der Waals surface area contributed by atoms with E-state index in [0.717, 1.165) is 38.4 Å². The first kappa shape index (κ1) is 26.5. The molecule has 2 heterocycles. The van der Waals surface area contributed by atoms with Gasteiger partial charge in [-0.25, -0.2) is 23.1 Å². The third kappa shape index (κ3) is 5.41. The van der Waals surface area contributed by atoms with Crippen molar-refractivity contribution < 1.29 is 26.7 Å². The van der Waals surface area contributed by atoms with Crippen molar-refractivity contribution in [1.29, 1.82) is 0 Å². The second-order valence-corrected chi connectivity index (χ2v) is 8.83. The van der Waals surface area contributed by atoms with Gasteiger partial charge in [-0.15, -0.1) is 0 Å². The molecule has 0 spiro atoms. The molecule has 3 N–H and O–H groups in total. The molecule has 0 aliphatic carbocycles. The molecule has 37 heavy (non-hydrogen) atoms. The number of nitrogens with zero attached hydrogens (tertiary/aromatic N) is 3. The second-order valence-electron chi connectivity index (χ2n) is 8.83. The summed E-state index contributed by atoms with van der Waals surface area (Å²) in [6.45, 7) is 3.91. The highest BCUT2D eigenvalue weighted by molar-refractivity contribution is 6.16. The molecule has 1 saturated heterocycles. The molecular formula is C26H26F5N5O. The summed E-state index contributed by atoms with van der Waals surface area (Å²) in [6, 6.07) is 3.37. The highest BCUT2D eigenvalue weighted by Crippen LogP contribution is 2.35. The maximum atomic E-state index is 15.3. The van der Waals surface area contributed by atoms with Crippen molar-refractivity contribution in [2.45, 2.75) is 32.1 Å². The topological polar surface area (TPSA) is 85.4 Å². The van der Waals surface area contributed by atoms with Gasteiger partial charge in [-0.2, -0.15) is 8.78 Å². The number of ether oxygens (including phenoxy) is 1. The lowest BCUT2D eigenvalue weighted by Crippen LogP contribution is -2.19. The normalized spacial score (nSPS) is 16.7. The van der Waals surface area contributed by atoms with E-state index in [0.29, 0.717) is 17.2 Å². The van der Waals surface area contributed by atoms with Gasteiger partial charge in [0, 0.05) is 30.7 Å². The molecule has 2 unspecified atom stereocenters. The van der Waals surface area contributed by atoms with E-state index in [4.69, 9.17) is 10.5 Å². The van der Waals surface area contributed by atoms with Crippen LogP contribution in [0.25, 0.3) is 0 Å². The first-order valence-corrected chi connectivity index (χ1v) is 11.8. The van der Waals surface area contributed by atoms with Gasteiger partial charge >= 0.3 is 0 Å². The number of aromatic nitrogens is 2. The Bertz CT molecular complexity index is 1300. The van der Waals surface area contributed by atoms with Gasteiger partial charge in [0.2, 0.25) is 17.4 Å². The quantitative estimate of drug-likeness (QED) is 0.233. The van der Waals surface area contributed by atoms with Gasteiger partial charge in [0.25, 0.3) is 0 Å². The molecule has 6 nitrogen and oxygen atoms in total. The van der Waals surface area contributed by atoms with E-state index in [2.05, 4.69) is 20.3 Å². The van der Waals surface area contributed by atoms with Crippen LogP contribution in [0.1, 0.15) is 48.9 Å². The molecule has 1 aliphatic rings. The summed E-state index contributed by atoms with van der Waals surface area (Å²) in [5, 5.41) is 3.35. The monoisotopic (exact) mass is 519 g/mol. The Hall–Kier alpha value is -3.60. The van der Waals surface area contributed by atoms with E-state index < -0.39 is 34.8 Å². The number of anilines is 1. The fourth-order valence-electron chi connectivity index (χ4n) is 4.63. The highest BCUT2D eigenvalue weighted by atomic mass is 19.2. The van der Waals surface area contributed by atoms with Crippen LogP contribution in [-0.2, 0) is 0 Å². The maximum absolute atomic E-state index is 15.3. The molecule has 1 fully saturated rings. The lowest BCUT2D eigenvalue weighted by molar-refractivity contribution is 0.365. The lowest BCUT2D eigenvalue weighted by Gasteiger charge is -2.22. The average molecular weight is 520 g/mol. The fourth-order valence-corrected chi connectivity index (χ4v) is 4.63. The van der Waals surface area contributed by atoms with E-state index in [1.54, 1.807) is 0 Å². The number of hydrogen-bond acceptors (Lipinski definition) is 6. The smallest absolute Gasteiger partial charge is 0.204 e. The van der Waals surface area contributed by atoms with Crippen LogP contribution >= 0.6 is 0 Å². The first-order chi connectivity index (χ1) is 17.7. The summed E-state index contributed by atoms with van der Waals surface area (Å²) in [4.78, 5) is 12.9. The molecule has 11 heteroatoms. The molecular weight excluding hydrogens is 493 g/mol. The number of benzene rings is 2. The van der Waals surface area contributed by atoms with Crippen LogP contribution in [0.2, 0.25) is 0 Å². The molecule has 0 saturated carbocycles. The minimum absolute atomic E-state index is 0.0151. The van der Waals surface area contributed by atoms with E-state index >= 15 is 4.39 Å². The van der Waals surface area contributed by atoms with Gasteiger partial charge in [-0.1, -0.05) is 6.92 Å². The Morgan fingerprint density at radius 3 is 2.43 bits per heavy atom. The number of halogens is 5. The number of nitrogens with one attached hydrogen (secondary N) is 1. The van der Waals surface area contributed by atoms with Gasteiger partial charge < -0.3 is 15.8 Å². The molecule has 2 atom stereocenters. The molecule has 3 aromatic rings. The molecule has 0 radical (unpaired) electrons. The van der Waals surface area contributed by atoms with Crippen LogP contribution in [0.3, 0.4) is 0 Å². The molecule has 2 aromatic carbocycles. The minimum Gasteiger partial charge on any atom is -0.451 e. The van der Waals surface area contributed by atoms with Crippen LogP contribution in [0.5, 0.6) is 11.5 Å². The summed E-state index contributed by atoms with van der Waals surface area (Å²) < 4.78 is 75.4.